The molecule has 156 valence electrons. The molecule has 0 aliphatic rings. The highest BCUT2D eigenvalue weighted by molar-refractivity contribution is 7.98. The minimum absolute atomic E-state index is 0.0545. The maximum absolute atomic E-state index is 12.5. The molecule has 0 saturated carbocycles. The Labute approximate surface area is 176 Å². The third kappa shape index (κ3) is 4.87. The minimum Gasteiger partial charge on any atom is -0.305 e. The van der Waals surface area contributed by atoms with E-state index in [9.17, 15) is 4.79 Å². The summed E-state index contributed by atoms with van der Waals surface area (Å²) in [5, 5.41) is 9.87. The predicted octanol–water partition coefficient (Wildman–Crippen LogP) is 3.70. The number of aromatic nitrogens is 5. The van der Waals surface area contributed by atoms with Crippen LogP contribution in [0.1, 0.15) is 56.2 Å². The van der Waals surface area contributed by atoms with Crippen molar-refractivity contribution in [3.63, 3.8) is 0 Å². The third-order valence-electron chi connectivity index (χ3n) is 5.00. The van der Waals surface area contributed by atoms with Crippen molar-refractivity contribution in [3.8, 4) is 0 Å². The summed E-state index contributed by atoms with van der Waals surface area (Å²) in [5.74, 6) is 1.60. The summed E-state index contributed by atoms with van der Waals surface area (Å²) in [6, 6.07) is 5.70. The van der Waals surface area contributed by atoms with Crippen molar-refractivity contribution in [1.29, 1.82) is 0 Å². The molecule has 0 radical (unpaired) electrons. The van der Waals surface area contributed by atoms with E-state index in [0.29, 0.717) is 11.4 Å². The molecule has 0 unspecified atom stereocenters. The highest BCUT2D eigenvalue weighted by Crippen LogP contribution is 2.27. The van der Waals surface area contributed by atoms with Gasteiger partial charge in [-0.2, -0.15) is 0 Å². The monoisotopic (exact) mass is 414 g/mol. The molecule has 0 spiro atoms. The Kier molecular flexibility index (Phi) is 7.08. The summed E-state index contributed by atoms with van der Waals surface area (Å²) in [6.45, 7) is 7.23. The summed E-state index contributed by atoms with van der Waals surface area (Å²) >= 11 is 1.59. The second-order valence-corrected chi connectivity index (χ2v) is 8.49. The van der Waals surface area contributed by atoms with E-state index in [2.05, 4.69) is 52.6 Å². The van der Waals surface area contributed by atoms with Crippen LogP contribution in [-0.2, 0) is 12.3 Å². The van der Waals surface area contributed by atoms with Crippen LogP contribution in [0.15, 0.2) is 34.3 Å². The lowest BCUT2D eigenvalue weighted by atomic mass is 10.2. The van der Waals surface area contributed by atoms with E-state index in [1.54, 1.807) is 22.2 Å². The fraction of sp³-hybridized carbons (Fsp3) is 0.524. The van der Waals surface area contributed by atoms with E-state index in [1.165, 1.54) is 0 Å². The maximum Gasteiger partial charge on any atom is 0.258 e. The van der Waals surface area contributed by atoms with Crippen molar-refractivity contribution in [1.82, 2.24) is 29.0 Å². The zero-order valence-corrected chi connectivity index (χ0v) is 18.7. The molecule has 29 heavy (non-hydrogen) atoms. The number of hydrogen-bond acceptors (Lipinski definition) is 6. The van der Waals surface area contributed by atoms with Gasteiger partial charge < -0.3 is 4.57 Å². The quantitative estimate of drug-likeness (QED) is 0.497. The van der Waals surface area contributed by atoms with Gasteiger partial charge in [0.2, 0.25) is 0 Å². The zero-order chi connectivity index (χ0) is 21.0. The van der Waals surface area contributed by atoms with Crippen molar-refractivity contribution in [2.75, 3.05) is 14.1 Å². The van der Waals surface area contributed by atoms with Crippen molar-refractivity contribution in [3.05, 3.63) is 51.8 Å². The van der Waals surface area contributed by atoms with Crippen molar-refractivity contribution in [2.45, 2.75) is 63.5 Å². The van der Waals surface area contributed by atoms with Crippen LogP contribution in [0.5, 0.6) is 0 Å². The summed E-state index contributed by atoms with van der Waals surface area (Å²) in [5.41, 5.74) is 2.41. The number of thioether (sulfide) groups is 1. The number of nitrogens with zero attached hydrogens (tertiary/aromatic N) is 6. The molecule has 0 aliphatic heterocycles. The van der Waals surface area contributed by atoms with Gasteiger partial charge >= 0.3 is 0 Å². The van der Waals surface area contributed by atoms with Gasteiger partial charge in [0.05, 0.1) is 11.7 Å². The van der Waals surface area contributed by atoms with Crippen LogP contribution in [0.4, 0.5) is 0 Å². The molecule has 0 amide bonds. The summed E-state index contributed by atoms with van der Waals surface area (Å²) < 4.78 is 3.83. The van der Waals surface area contributed by atoms with E-state index < -0.39 is 0 Å². The molecule has 0 aliphatic carbocycles. The minimum atomic E-state index is -0.0545. The van der Waals surface area contributed by atoms with Gasteiger partial charge in [-0.3, -0.25) is 14.1 Å². The van der Waals surface area contributed by atoms with Gasteiger partial charge in [-0.1, -0.05) is 38.1 Å². The molecule has 3 aromatic rings. The Morgan fingerprint density at radius 2 is 2.00 bits per heavy atom. The van der Waals surface area contributed by atoms with Gasteiger partial charge in [0.15, 0.2) is 11.0 Å². The lowest BCUT2D eigenvalue weighted by Gasteiger charge is -2.23. The van der Waals surface area contributed by atoms with Crippen LogP contribution < -0.4 is 5.56 Å². The topological polar surface area (TPSA) is 68.3 Å². The van der Waals surface area contributed by atoms with Gasteiger partial charge in [-0.05, 0) is 45.5 Å². The van der Waals surface area contributed by atoms with Crippen molar-refractivity contribution >= 4 is 17.4 Å². The van der Waals surface area contributed by atoms with Gasteiger partial charge in [0, 0.05) is 24.6 Å². The van der Waals surface area contributed by atoms with E-state index in [-0.39, 0.29) is 11.6 Å². The van der Waals surface area contributed by atoms with Gasteiger partial charge in [0.1, 0.15) is 5.65 Å². The van der Waals surface area contributed by atoms with Crippen LogP contribution in [0.2, 0.25) is 0 Å². The Morgan fingerprint density at radius 1 is 1.21 bits per heavy atom. The highest BCUT2D eigenvalue weighted by Gasteiger charge is 2.22. The second-order valence-electron chi connectivity index (χ2n) is 7.54. The molecule has 0 fully saturated rings. The number of fused-ring (bicyclic) bond motifs is 1. The van der Waals surface area contributed by atoms with Gasteiger partial charge in [-0.25, -0.2) is 4.98 Å². The molecule has 8 heteroatoms. The van der Waals surface area contributed by atoms with Crippen LogP contribution >= 0.6 is 11.8 Å². The molecule has 1 atom stereocenters. The number of rotatable bonds is 9. The average molecular weight is 415 g/mol. The molecule has 0 bridgehead atoms. The van der Waals surface area contributed by atoms with E-state index in [1.807, 2.05) is 25.3 Å². The maximum atomic E-state index is 12.5. The molecule has 3 rings (SSSR count). The zero-order valence-electron chi connectivity index (χ0n) is 17.9. The van der Waals surface area contributed by atoms with Crippen molar-refractivity contribution in [2.24, 2.45) is 0 Å². The normalized spacial score (nSPS) is 12.8. The summed E-state index contributed by atoms with van der Waals surface area (Å²) in [4.78, 5) is 19.3. The number of pyridine rings is 1. The molecular formula is C21H30N6OS. The van der Waals surface area contributed by atoms with Crippen LogP contribution in [0.25, 0.3) is 5.65 Å². The van der Waals surface area contributed by atoms with Gasteiger partial charge in [0.25, 0.3) is 5.56 Å². The molecular weight excluding hydrogens is 384 g/mol. The van der Waals surface area contributed by atoms with E-state index in [4.69, 9.17) is 0 Å². The first-order valence-corrected chi connectivity index (χ1v) is 11.1. The lowest BCUT2D eigenvalue weighted by Crippen LogP contribution is -2.23. The highest BCUT2D eigenvalue weighted by atomic mass is 32.2. The average Bonchev–Trinajstić information content (AvgIpc) is 3.08. The van der Waals surface area contributed by atoms with Crippen LogP contribution in [0, 0.1) is 6.92 Å². The molecule has 3 heterocycles. The largest absolute Gasteiger partial charge is 0.305 e. The number of hydrogen-bond donors (Lipinski definition) is 0. The van der Waals surface area contributed by atoms with Crippen molar-refractivity contribution < 1.29 is 0 Å². The SMILES string of the molecule is CCCCn1c(SCc2cc(=O)n3cc(C)ccc3n2)nnc1[C@@H](CC)N(C)C. The summed E-state index contributed by atoms with van der Waals surface area (Å²) in [7, 11) is 4.15. The van der Waals surface area contributed by atoms with Crippen LogP contribution in [0.3, 0.4) is 0 Å². The fourth-order valence-corrected chi connectivity index (χ4v) is 4.29. The van der Waals surface area contributed by atoms with Gasteiger partial charge in [-0.15, -0.1) is 10.2 Å². The molecule has 0 aromatic carbocycles. The molecule has 0 saturated heterocycles. The van der Waals surface area contributed by atoms with E-state index in [0.717, 1.165) is 48.0 Å². The third-order valence-corrected chi connectivity index (χ3v) is 6.00. The van der Waals surface area contributed by atoms with E-state index >= 15 is 0 Å². The molecule has 7 nitrogen and oxygen atoms in total. The molecule has 3 aromatic heterocycles. The fourth-order valence-electron chi connectivity index (χ4n) is 3.43. The predicted molar refractivity (Wildman–Crippen MR) is 117 cm³/mol. The smallest absolute Gasteiger partial charge is 0.258 e. The Hall–Kier alpha value is -2.19. The summed E-state index contributed by atoms with van der Waals surface area (Å²) in [6.07, 6.45) is 4.99. The number of aryl methyl sites for hydroxylation is 1. The standard InChI is InChI=1S/C21H30N6OS/c1-6-8-11-26-20(17(7-2)25(4)5)23-24-21(26)29-14-16-12-19(28)27-13-15(3)9-10-18(27)22-16/h9-10,12-13,17H,6-8,11,14H2,1-5H3/t17-/m1/s1. The lowest BCUT2D eigenvalue weighted by molar-refractivity contribution is 0.270. The Bertz CT molecular complexity index is 1030. The van der Waals surface area contributed by atoms with Crippen LogP contribution in [-0.4, -0.2) is 43.1 Å². The number of unbranched alkanes of at least 4 members (excludes halogenated alkanes) is 1. The molecule has 0 N–H and O–H groups in total. The first-order valence-electron chi connectivity index (χ1n) is 10.2. The Morgan fingerprint density at radius 3 is 2.69 bits per heavy atom. The first kappa shape index (κ1) is 21.5. The second kappa shape index (κ2) is 9.54. The Balaban J connectivity index is 1.86. The first-order chi connectivity index (χ1) is 13.9.